The molecular weight excluding hydrogens is 460 g/mol. The van der Waals surface area contributed by atoms with Gasteiger partial charge in [-0.2, -0.15) is 0 Å². The zero-order valence-corrected chi connectivity index (χ0v) is 19.8. The third-order valence-electron chi connectivity index (χ3n) is 4.82. The number of halogens is 1. The first-order chi connectivity index (χ1) is 14.9. The van der Waals surface area contributed by atoms with E-state index in [1.54, 1.807) is 31.3 Å². The van der Waals surface area contributed by atoms with Crippen molar-refractivity contribution in [2.75, 3.05) is 24.2 Å². The average molecular weight is 485 g/mol. The highest BCUT2D eigenvalue weighted by atomic mass is 35.5. The Morgan fingerprint density at radius 2 is 2.03 bits per heavy atom. The van der Waals surface area contributed by atoms with Crippen LogP contribution >= 0.6 is 22.9 Å². The van der Waals surface area contributed by atoms with Crippen LogP contribution in [-0.4, -0.2) is 57.2 Å². The first kappa shape index (κ1) is 23.8. The fraction of sp³-hybridized carbons (Fsp3) is 0.500. The van der Waals surface area contributed by atoms with Gasteiger partial charge in [-0.1, -0.05) is 37.0 Å². The smallest absolute Gasteiger partial charge is 0.340 e. The first-order valence-electron chi connectivity index (χ1n) is 10.1. The van der Waals surface area contributed by atoms with Crippen molar-refractivity contribution in [1.82, 2.24) is 15.1 Å². The summed E-state index contributed by atoms with van der Waals surface area (Å²) in [6, 6.07) is 6.41. The van der Waals surface area contributed by atoms with Crippen LogP contribution in [0.15, 0.2) is 28.6 Å². The molecule has 0 N–H and O–H groups in total. The number of nitrogens with zero attached hydrogens (tertiary/aromatic N) is 4. The predicted octanol–water partition coefficient (Wildman–Crippen LogP) is 4.02. The Morgan fingerprint density at radius 3 is 2.71 bits per heavy atom. The van der Waals surface area contributed by atoms with Gasteiger partial charge < -0.3 is 14.2 Å². The van der Waals surface area contributed by atoms with Gasteiger partial charge in [0.2, 0.25) is 11.4 Å². The number of unbranched alkanes of at least 4 members (excludes halogenated alkanes) is 3. The third kappa shape index (κ3) is 5.88. The molecule has 2 aromatic rings. The predicted molar refractivity (Wildman–Crippen MR) is 121 cm³/mol. The summed E-state index contributed by atoms with van der Waals surface area (Å²) in [7, 11) is 1.62. The molecule has 0 bridgehead atoms. The van der Waals surface area contributed by atoms with Gasteiger partial charge in [0.1, 0.15) is 5.75 Å². The van der Waals surface area contributed by atoms with Crippen LogP contribution in [0.3, 0.4) is 0 Å². The molecular formula is C20H25ClN4O4S2. The van der Waals surface area contributed by atoms with Gasteiger partial charge in [-0.15, -0.1) is 16.7 Å². The molecule has 0 spiro atoms. The maximum absolute atomic E-state index is 12.6. The molecule has 168 valence electrons. The number of alkyl halides is 1. The maximum Gasteiger partial charge on any atom is 0.340 e. The lowest BCUT2D eigenvalue weighted by atomic mass is 10.1. The number of carbonyl (C=O) groups is 2. The van der Waals surface area contributed by atoms with Crippen LogP contribution in [-0.2, 0) is 21.8 Å². The van der Waals surface area contributed by atoms with E-state index in [4.69, 9.17) is 16.3 Å². The minimum Gasteiger partial charge on any atom is -0.610 e. The lowest BCUT2D eigenvalue weighted by Gasteiger charge is -2.19. The van der Waals surface area contributed by atoms with Crippen LogP contribution in [0, 0.1) is 0 Å². The molecule has 0 radical (unpaired) electrons. The number of likely N-dealkylation sites (N-methyl/N-ethyl adjacent to an activating group) is 1. The Morgan fingerprint density at radius 1 is 1.29 bits per heavy atom. The number of benzene rings is 1. The first-order valence-corrected chi connectivity index (χ1v) is 12.7. The summed E-state index contributed by atoms with van der Waals surface area (Å²) in [4.78, 5) is 28.0. The minimum absolute atomic E-state index is 0.194. The highest BCUT2D eigenvalue weighted by Crippen LogP contribution is 2.31. The fourth-order valence-electron chi connectivity index (χ4n) is 3.06. The molecule has 0 aliphatic carbocycles. The monoisotopic (exact) mass is 484 g/mol. The summed E-state index contributed by atoms with van der Waals surface area (Å²) in [5.74, 6) is 0.312. The van der Waals surface area contributed by atoms with Crippen molar-refractivity contribution in [3.05, 3.63) is 35.4 Å². The molecule has 1 aromatic carbocycles. The second-order valence-electron chi connectivity index (χ2n) is 7.18. The molecule has 2 unspecified atom stereocenters. The van der Waals surface area contributed by atoms with Crippen molar-refractivity contribution < 1.29 is 18.9 Å². The Hall–Kier alpha value is -1.88. The van der Waals surface area contributed by atoms with E-state index in [2.05, 4.69) is 17.1 Å². The summed E-state index contributed by atoms with van der Waals surface area (Å²) >= 11 is 5.61. The van der Waals surface area contributed by atoms with Crippen LogP contribution < -0.4 is 4.90 Å². The zero-order chi connectivity index (χ0) is 22.4. The second-order valence-corrected chi connectivity index (χ2v) is 10.2. The van der Waals surface area contributed by atoms with Crippen LogP contribution in [0.25, 0.3) is 0 Å². The van der Waals surface area contributed by atoms with E-state index in [0.717, 1.165) is 42.6 Å². The van der Waals surface area contributed by atoms with Gasteiger partial charge in [-0.3, -0.25) is 0 Å². The van der Waals surface area contributed by atoms with Gasteiger partial charge in [-0.25, -0.2) is 14.5 Å². The van der Waals surface area contributed by atoms with Crippen molar-refractivity contribution in [3.8, 4) is 0 Å². The van der Waals surface area contributed by atoms with Crippen molar-refractivity contribution >= 4 is 51.2 Å². The maximum atomic E-state index is 12.6. The van der Waals surface area contributed by atoms with E-state index in [-0.39, 0.29) is 17.7 Å². The standard InChI is InChI=1S/C20H25ClN4O4S2/c1-3-4-5-6-11-31(28)19-23-22-18(30-19)25-16(13-24(2)20(25)27)29-17(26)15-9-7-14(12-21)8-10-15/h7-10,16H,3-6,11-13H2,1-2H3. The normalized spacial score (nSPS) is 17.3. The fourth-order valence-corrected chi connectivity index (χ4v) is 5.47. The molecule has 0 saturated carbocycles. The van der Waals surface area contributed by atoms with E-state index >= 15 is 0 Å². The van der Waals surface area contributed by atoms with Crippen LogP contribution in [0.1, 0.15) is 48.5 Å². The Kier molecular flexibility index (Phi) is 8.53. The van der Waals surface area contributed by atoms with E-state index in [9.17, 15) is 14.1 Å². The molecule has 1 saturated heterocycles. The Balaban J connectivity index is 1.69. The van der Waals surface area contributed by atoms with Gasteiger partial charge in [0.15, 0.2) is 0 Å². The lowest BCUT2D eigenvalue weighted by Crippen LogP contribution is -2.37. The number of amides is 2. The number of esters is 1. The molecule has 31 heavy (non-hydrogen) atoms. The highest BCUT2D eigenvalue weighted by Gasteiger charge is 2.41. The summed E-state index contributed by atoms with van der Waals surface area (Å²) in [6.45, 7) is 2.32. The number of aromatic nitrogens is 2. The van der Waals surface area contributed by atoms with Gasteiger partial charge in [0.25, 0.3) is 0 Å². The molecule has 2 amide bonds. The van der Waals surface area contributed by atoms with Gasteiger partial charge in [0, 0.05) is 24.1 Å². The van der Waals surface area contributed by atoms with Crippen molar-refractivity contribution in [3.63, 3.8) is 0 Å². The Bertz CT molecular complexity index is 896. The number of hydrogen-bond donors (Lipinski definition) is 0. The van der Waals surface area contributed by atoms with Crippen LogP contribution in [0.2, 0.25) is 0 Å². The molecule has 3 rings (SSSR count). The number of anilines is 1. The topological polar surface area (TPSA) is 98.7 Å². The van der Waals surface area contributed by atoms with E-state index < -0.39 is 23.4 Å². The van der Waals surface area contributed by atoms with E-state index in [1.165, 1.54) is 9.80 Å². The SMILES string of the molecule is CCCCCC[S+]([O-])c1nnc(N2C(=O)N(C)CC2OC(=O)c2ccc(CCl)cc2)s1. The van der Waals surface area contributed by atoms with Crippen LogP contribution in [0.4, 0.5) is 9.93 Å². The highest BCUT2D eigenvalue weighted by molar-refractivity contribution is 7.93. The number of hydrogen-bond acceptors (Lipinski definition) is 7. The van der Waals surface area contributed by atoms with Crippen molar-refractivity contribution in [2.24, 2.45) is 0 Å². The lowest BCUT2D eigenvalue weighted by molar-refractivity contribution is 0.0331. The van der Waals surface area contributed by atoms with Crippen molar-refractivity contribution in [1.29, 1.82) is 0 Å². The number of ether oxygens (including phenoxy) is 1. The number of urea groups is 1. The van der Waals surface area contributed by atoms with Gasteiger partial charge >= 0.3 is 16.3 Å². The summed E-state index contributed by atoms with van der Waals surface area (Å²) in [6.07, 6.45) is 3.24. The molecule has 1 aliphatic heterocycles. The van der Waals surface area contributed by atoms with E-state index in [1.807, 2.05) is 0 Å². The molecule has 2 atom stereocenters. The molecule has 1 fully saturated rings. The molecule has 1 aliphatic rings. The van der Waals surface area contributed by atoms with Crippen molar-refractivity contribution in [2.45, 2.75) is 49.1 Å². The zero-order valence-electron chi connectivity index (χ0n) is 17.5. The number of carbonyl (C=O) groups excluding carboxylic acids is 2. The van der Waals surface area contributed by atoms with Gasteiger partial charge in [0.05, 0.1) is 12.1 Å². The largest absolute Gasteiger partial charge is 0.610 e. The second kappa shape index (κ2) is 11.1. The number of rotatable bonds is 10. The van der Waals surface area contributed by atoms with Gasteiger partial charge in [-0.05, 0) is 41.9 Å². The minimum atomic E-state index is -1.27. The molecule has 1 aromatic heterocycles. The van der Waals surface area contributed by atoms with Crippen LogP contribution in [0.5, 0.6) is 0 Å². The summed E-state index contributed by atoms with van der Waals surface area (Å²) in [5, 5.41) is 8.33. The molecule has 2 heterocycles. The Labute approximate surface area is 193 Å². The molecule has 11 heteroatoms. The summed E-state index contributed by atoms with van der Waals surface area (Å²) in [5.41, 5.74) is 1.25. The third-order valence-corrected chi connectivity index (χ3v) is 7.78. The molecule has 8 nitrogen and oxygen atoms in total. The average Bonchev–Trinajstić information content (AvgIpc) is 3.36. The summed E-state index contributed by atoms with van der Waals surface area (Å²) < 4.78 is 18.5. The quantitative estimate of drug-likeness (QED) is 0.166. The van der Waals surface area contributed by atoms with E-state index in [0.29, 0.717) is 21.5 Å².